The summed E-state index contributed by atoms with van der Waals surface area (Å²) >= 11 is 0. The normalized spacial score (nSPS) is 16.3. The fraction of sp³-hybridized carbons (Fsp3) is 0.615. The van der Waals surface area contributed by atoms with E-state index in [-0.39, 0.29) is 0 Å². The van der Waals surface area contributed by atoms with E-state index in [4.69, 9.17) is 10.5 Å². The van der Waals surface area contributed by atoms with Crippen molar-refractivity contribution < 1.29 is 4.74 Å². The third-order valence-corrected chi connectivity index (χ3v) is 3.21. The molecule has 3 N–H and O–H groups in total. The maximum Gasteiger partial charge on any atom is 0.128 e. The predicted molar refractivity (Wildman–Crippen MR) is 70.1 cm³/mol. The fourth-order valence-corrected chi connectivity index (χ4v) is 2.10. The van der Waals surface area contributed by atoms with E-state index in [1.54, 1.807) is 6.20 Å². The van der Waals surface area contributed by atoms with Crippen LogP contribution >= 0.6 is 0 Å². The van der Waals surface area contributed by atoms with E-state index in [0.717, 1.165) is 30.2 Å². The zero-order chi connectivity index (χ0) is 12.1. The van der Waals surface area contributed by atoms with Crippen molar-refractivity contribution in [1.29, 1.82) is 0 Å². The van der Waals surface area contributed by atoms with Crippen LogP contribution in [0.15, 0.2) is 12.3 Å². The van der Waals surface area contributed by atoms with Crippen LogP contribution in [0.2, 0.25) is 0 Å². The summed E-state index contributed by atoms with van der Waals surface area (Å²) in [5, 5.41) is 3.22. The van der Waals surface area contributed by atoms with E-state index in [2.05, 4.69) is 10.3 Å². The van der Waals surface area contributed by atoms with Gasteiger partial charge in [0.05, 0.1) is 12.7 Å². The SMILES string of the molecule is Cc1cnc(NCCOC2CCCC2)cc1N. The molecule has 0 atom stereocenters. The maximum absolute atomic E-state index is 5.81. The Morgan fingerprint density at radius 2 is 2.24 bits per heavy atom. The molecule has 94 valence electrons. The van der Waals surface area contributed by atoms with Gasteiger partial charge in [0, 0.05) is 24.5 Å². The van der Waals surface area contributed by atoms with Crippen molar-refractivity contribution in [2.24, 2.45) is 0 Å². The summed E-state index contributed by atoms with van der Waals surface area (Å²) in [4.78, 5) is 4.26. The summed E-state index contributed by atoms with van der Waals surface area (Å²) in [6, 6.07) is 1.87. The minimum atomic E-state index is 0.479. The lowest BCUT2D eigenvalue weighted by molar-refractivity contribution is 0.0658. The van der Waals surface area contributed by atoms with Crippen LogP contribution in [0.3, 0.4) is 0 Å². The number of nitrogens with zero attached hydrogens (tertiary/aromatic N) is 1. The largest absolute Gasteiger partial charge is 0.398 e. The summed E-state index contributed by atoms with van der Waals surface area (Å²) in [5.41, 5.74) is 7.60. The van der Waals surface area contributed by atoms with Crippen molar-refractivity contribution in [3.63, 3.8) is 0 Å². The van der Waals surface area contributed by atoms with Gasteiger partial charge in [-0.15, -0.1) is 0 Å². The van der Waals surface area contributed by atoms with E-state index in [0.29, 0.717) is 6.10 Å². The van der Waals surface area contributed by atoms with Gasteiger partial charge in [-0.3, -0.25) is 0 Å². The van der Waals surface area contributed by atoms with E-state index in [1.165, 1.54) is 25.7 Å². The van der Waals surface area contributed by atoms with Crippen LogP contribution in [0.1, 0.15) is 31.2 Å². The minimum Gasteiger partial charge on any atom is -0.398 e. The molecule has 0 radical (unpaired) electrons. The summed E-state index contributed by atoms with van der Waals surface area (Å²) < 4.78 is 5.76. The first-order chi connectivity index (χ1) is 8.25. The number of pyridine rings is 1. The van der Waals surface area contributed by atoms with Crippen molar-refractivity contribution in [3.8, 4) is 0 Å². The number of anilines is 2. The Labute approximate surface area is 103 Å². The second-order valence-electron chi connectivity index (χ2n) is 4.63. The zero-order valence-electron chi connectivity index (χ0n) is 10.4. The molecule has 1 aromatic heterocycles. The van der Waals surface area contributed by atoms with Crippen molar-refractivity contribution in [3.05, 3.63) is 17.8 Å². The maximum atomic E-state index is 5.81. The lowest BCUT2D eigenvalue weighted by atomic mass is 10.2. The molecule has 1 saturated carbocycles. The molecule has 1 fully saturated rings. The van der Waals surface area contributed by atoms with Crippen molar-refractivity contribution in [2.75, 3.05) is 24.2 Å². The van der Waals surface area contributed by atoms with Crippen LogP contribution in [0.4, 0.5) is 11.5 Å². The van der Waals surface area contributed by atoms with E-state index >= 15 is 0 Å². The molecule has 0 saturated heterocycles. The van der Waals surface area contributed by atoms with E-state index in [9.17, 15) is 0 Å². The number of nitrogens with two attached hydrogens (primary N) is 1. The standard InChI is InChI=1S/C13H21N3O/c1-10-9-16-13(8-12(10)14)15-6-7-17-11-4-2-3-5-11/h8-9,11H,2-7H2,1H3,(H3,14,15,16). The molecular formula is C13H21N3O. The first kappa shape index (κ1) is 12.2. The van der Waals surface area contributed by atoms with Gasteiger partial charge in [0.15, 0.2) is 0 Å². The first-order valence-corrected chi connectivity index (χ1v) is 6.33. The Bertz CT molecular complexity index is 362. The highest BCUT2D eigenvalue weighted by molar-refractivity contribution is 5.53. The van der Waals surface area contributed by atoms with Gasteiger partial charge >= 0.3 is 0 Å². The number of nitrogens with one attached hydrogen (secondary N) is 1. The highest BCUT2D eigenvalue weighted by Gasteiger charge is 2.14. The second-order valence-corrected chi connectivity index (χ2v) is 4.63. The fourth-order valence-electron chi connectivity index (χ4n) is 2.10. The molecule has 0 unspecified atom stereocenters. The Morgan fingerprint density at radius 3 is 2.94 bits per heavy atom. The quantitative estimate of drug-likeness (QED) is 0.769. The van der Waals surface area contributed by atoms with Gasteiger partial charge in [0.2, 0.25) is 0 Å². The van der Waals surface area contributed by atoms with E-state index in [1.807, 2.05) is 13.0 Å². The van der Waals surface area contributed by atoms with Crippen LogP contribution in [0.5, 0.6) is 0 Å². The number of ether oxygens (including phenoxy) is 1. The van der Waals surface area contributed by atoms with Crippen molar-refractivity contribution in [2.45, 2.75) is 38.7 Å². The number of aryl methyl sites for hydroxylation is 1. The molecule has 2 rings (SSSR count). The number of aromatic nitrogens is 1. The predicted octanol–water partition coefficient (Wildman–Crippen LogP) is 2.34. The molecule has 4 nitrogen and oxygen atoms in total. The second kappa shape index (κ2) is 5.87. The third-order valence-electron chi connectivity index (χ3n) is 3.21. The summed E-state index contributed by atoms with van der Waals surface area (Å²) in [6.45, 7) is 3.47. The molecule has 1 aromatic rings. The lowest BCUT2D eigenvalue weighted by Crippen LogP contribution is -2.16. The molecule has 0 bridgehead atoms. The molecule has 0 spiro atoms. The molecule has 4 heteroatoms. The molecule has 1 aliphatic rings. The molecule has 0 aromatic carbocycles. The summed E-state index contributed by atoms with van der Waals surface area (Å²) in [6.07, 6.45) is 7.33. The van der Waals surface area contributed by atoms with Crippen LogP contribution in [-0.4, -0.2) is 24.2 Å². The number of nitrogen functional groups attached to an aromatic ring is 1. The molecule has 17 heavy (non-hydrogen) atoms. The molecule has 1 heterocycles. The van der Waals surface area contributed by atoms with Gasteiger partial charge in [-0.2, -0.15) is 0 Å². The van der Waals surface area contributed by atoms with Crippen LogP contribution < -0.4 is 11.1 Å². The lowest BCUT2D eigenvalue weighted by Gasteiger charge is -2.12. The Morgan fingerprint density at radius 1 is 1.47 bits per heavy atom. The highest BCUT2D eigenvalue weighted by Crippen LogP contribution is 2.20. The summed E-state index contributed by atoms with van der Waals surface area (Å²) in [7, 11) is 0. The highest BCUT2D eigenvalue weighted by atomic mass is 16.5. The molecule has 1 aliphatic carbocycles. The van der Waals surface area contributed by atoms with Gasteiger partial charge in [0.1, 0.15) is 5.82 Å². The summed E-state index contributed by atoms with van der Waals surface area (Å²) in [5.74, 6) is 0.822. The Kier molecular flexibility index (Phi) is 4.20. The first-order valence-electron chi connectivity index (χ1n) is 6.33. The topological polar surface area (TPSA) is 60.2 Å². The van der Waals surface area contributed by atoms with Gasteiger partial charge in [-0.05, 0) is 25.3 Å². The average Bonchev–Trinajstić information content (AvgIpc) is 2.82. The number of rotatable bonds is 5. The third kappa shape index (κ3) is 3.60. The monoisotopic (exact) mass is 235 g/mol. The minimum absolute atomic E-state index is 0.479. The molecule has 0 amide bonds. The van der Waals surface area contributed by atoms with Gasteiger partial charge in [-0.1, -0.05) is 12.8 Å². The van der Waals surface area contributed by atoms with Crippen LogP contribution in [0.25, 0.3) is 0 Å². The Hall–Kier alpha value is -1.29. The van der Waals surface area contributed by atoms with Crippen molar-refractivity contribution >= 4 is 11.5 Å². The number of hydrogen-bond donors (Lipinski definition) is 2. The van der Waals surface area contributed by atoms with Gasteiger partial charge in [-0.25, -0.2) is 4.98 Å². The van der Waals surface area contributed by atoms with E-state index < -0.39 is 0 Å². The Balaban J connectivity index is 1.68. The van der Waals surface area contributed by atoms with Gasteiger partial charge < -0.3 is 15.8 Å². The van der Waals surface area contributed by atoms with Crippen LogP contribution in [0, 0.1) is 6.92 Å². The van der Waals surface area contributed by atoms with Crippen LogP contribution in [-0.2, 0) is 4.74 Å². The molecule has 0 aliphatic heterocycles. The average molecular weight is 235 g/mol. The van der Waals surface area contributed by atoms with Gasteiger partial charge in [0.25, 0.3) is 0 Å². The number of hydrogen-bond acceptors (Lipinski definition) is 4. The zero-order valence-corrected chi connectivity index (χ0v) is 10.4. The van der Waals surface area contributed by atoms with Crippen molar-refractivity contribution in [1.82, 2.24) is 4.98 Å². The smallest absolute Gasteiger partial charge is 0.128 e. The molecular weight excluding hydrogens is 214 g/mol.